The Morgan fingerprint density at radius 1 is 0.783 bits per heavy atom. The van der Waals surface area contributed by atoms with Crippen molar-refractivity contribution in [1.29, 1.82) is 0 Å². The summed E-state index contributed by atoms with van der Waals surface area (Å²) >= 11 is 5.90. The molecule has 3 aromatic carbocycles. The normalized spacial score (nSPS) is 10.7. The molecule has 0 aliphatic rings. The summed E-state index contributed by atoms with van der Waals surface area (Å²) in [6, 6.07) is 20.9. The molecule has 3 rings (SSSR count). The summed E-state index contributed by atoms with van der Waals surface area (Å²) in [5, 5.41) is 0.679. The first-order valence-corrected chi connectivity index (χ1v) is 8.20. The van der Waals surface area contributed by atoms with Gasteiger partial charge in [-0.3, -0.25) is 0 Å². The maximum absolute atomic E-state index is 14.5. The second kappa shape index (κ2) is 6.97. The van der Waals surface area contributed by atoms with Crippen LogP contribution in [-0.2, 0) is 6.42 Å². The highest BCUT2D eigenvalue weighted by molar-refractivity contribution is 6.30. The average Bonchev–Trinajstić information content (AvgIpc) is 2.57. The zero-order valence-corrected chi connectivity index (χ0v) is 13.8. The highest BCUT2D eigenvalue weighted by Crippen LogP contribution is 2.29. The van der Waals surface area contributed by atoms with Crippen molar-refractivity contribution in [3.05, 3.63) is 83.1 Å². The van der Waals surface area contributed by atoms with E-state index >= 15 is 0 Å². The lowest BCUT2D eigenvalue weighted by molar-refractivity contribution is 0.632. The van der Waals surface area contributed by atoms with E-state index in [4.69, 9.17) is 11.6 Å². The SMILES string of the molecule is CCCc1ccc(-c2ccc(-c3ccc(Cl)cc3)cc2F)cc1. The number of hydrogen-bond acceptors (Lipinski definition) is 0. The van der Waals surface area contributed by atoms with Crippen LogP contribution in [0.3, 0.4) is 0 Å². The van der Waals surface area contributed by atoms with E-state index in [2.05, 4.69) is 19.1 Å². The van der Waals surface area contributed by atoms with Crippen molar-refractivity contribution in [2.24, 2.45) is 0 Å². The molecular formula is C21H18ClF. The van der Waals surface area contributed by atoms with Crippen LogP contribution in [0.15, 0.2) is 66.7 Å². The topological polar surface area (TPSA) is 0 Å². The van der Waals surface area contributed by atoms with Gasteiger partial charge in [0.1, 0.15) is 5.82 Å². The average molecular weight is 325 g/mol. The van der Waals surface area contributed by atoms with Crippen molar-refractivity contribution < 1.29 is 4.39 Å². The quantitative estimate of drug-likeness (QED) is 0.497. The van der Waals surface area contributed by atoms with Gasteiger partial charge in [0.05, 0.1) is 0 Å². The van der Waals surface area contributed by atoms with Gasteiger partial charge in [0.25, 0.3) is 0 Å². The number of rotatable bonds is 4. The molecule has 0 radical (unpaired) electrons. The Bertz CT molecular complexity index is 789. The molecule has 0 N–H and O–H groups in total. The van der Waals surface area contributed by atoms with Gasteiger partial charge in [-0.2, -0.15) is 0 Å². The van der Waals surface area contributed by atoms with Crippen LogP contribution in [0.5, 0.6) is 0 Å². The molecule has 0 bridgehead atoms. The molecule has 3 aromatic rings. The van der Waals surface area contributed by atoms with E-state index in [0.717, 1.165) is 29.5 Å². The van der Waals surface area contributed by atoms with Crippen LogP contribution in [0, 0.1) is 5.82 Å². The van der Waals surface area contributed by atoms with Gasteiger partial charge in [-0.15, -0.1) is 0 Å². The van der Waals surface area contributed by atoms with Gasteiger partial charge < -0.3 is 0 Å². The maximum Gasteiger partial charge on any atom is 0.131 e. The Morgan fingerprint density at radius 3 is 2.00 bits per heavy atom. The summed E-state index contributed by atoms with van der Waals surface area (Å²) in [6.07, 6.45) is 2.17. The molecule has 0 aliphatic heterocycles. The summed E-state index contributed by atoms with van der Waals surface area (Å²) in [5.41, 5.74) is 4.63. The molecule has 0 heterocycles. The van der Waals surface area contributed by atoms with Crippen LogP contribution >= 0.6 is 11.6 Å². The molecule has 23 heavy (non-hydrogen) atoms. The van der Waals surface area contributed by atoms with E-state index in [-0.39, 0.29) is 5.82 Å². The van der Waals surface area contributed by atoms with Crippen molar-refractivity contribution >= 4 is 11.6 Å². The second-order valence-corrected chi connectivity index (χ2v) is 6.08. The summed E-state index contributed by atoms with van der Waals surface area (Å²) < 4.78 is 14.5. The van der Waals surface area contributed by atoms with Crippen LogP contribution < -0.4 is 0 Å². The number of halogens is 2. The Kier molecular flexibility index (Phi) is 4.78. The minimum Gasteiger partial charge on any atom is -0.206 e. The molecule has 0 fully saturated rings. The maximum atomic E-state index is 14.5. The molecule has 0 saturated heterocycles. The molecular weight excluding hydrogens is 307 g/mol. The molecule has 0 saturated carbocycles. The van der Waals surface area contributed by atoms with E-state index in [1.165, 1.54) is 5.56 Å². The van der Waals surface area contributed by atoms with Gasteiger partial charge in [-0.25, -0.2) is 4.39 Å². The van der Waals surface area contributed by atoms with Crippen LogP contribution in [0.1, 0.15) is 18.9 Å². The van der Waals surface area contributed by atoms with E-state index in [1.807, 2.05) is 48.5 Å². The first-order chi connectivity index (χ1) is 11.2. The van der Waals surface area contributed by atoms with Gasteiger partial charge in [-0.05, 0) is 46.9 Å². The number of aryl methyl sites for hydroxylation is 1. The molecule has 0 spiro atoms. The Labute approximate surface area is 141 Å². The van der Waals surface area contributed by atoms with Gasteiger partial charge in [-0.1, -0.05) is 73.5 Å². The minimum absolute atomic E-state index is 0.208. The minimum atomic E-state index is -0.208. The third-order valence-corrected chi connectivity index (χ3v) is 4.20. The van der Waals surface area contributed by atoms with Crippen LogP contribution in [-0.4, -0.2) is 0 Å². The molecule has 2 heteroatoms. The molecule has 0 nitrogen and oxygen atoms in total. The van der Waals surface area contributed by atoms with Gasteiger partial charge in [0, 0.05) is 10.6 Å². The smallest absolute Gasteiger partial charge is 0.131 e. The lowest BCUT2D eigenvalue weighted by Crippen LogP contribution is -1.88. The summed E-state index contributed by atoms with van der Waals surface area (Å²) in [6.45, 7) is 2.16. The molecule has 0 aliphatic carbocycles. The fraction of sp³-hybridized carbons (Fsp3) is 0.143. The van der Waals surface area contributed by atoms with Crippen molar-refractivity contribution in [2.45, 2.75) is 19.8 Å². The Balaban J connectivity index is 1.91. The highest BCUT2D eigenvalue weighted by atomic mass is 35.5. The summed E-state index contributed by atoms with van der Waals surface area (Å²) in [5.74, 6) is -0.208. The van der Waals surface area contributed by atoms with E-state index in [9.17, 15) is 4.39 Å². The first kappa shape index (κ1) is 15.8. The Hall–Kier alpha value is -2.12. The molecule has 116 valence electrons. The van der Waals surface area contributed by atoms with E-state index < -0.39 is 0 Å². The molecule has 0 unspecified atom stereocenters. The van der Waals surface area contributed by atoms with Gasteiger partial charge in [0.2, 0.25) is 0 Å². The summed E-state index contributed by atoms with van der Waals surface area (Å²) in [7, 11) is 0. The van der Waals surface area contributed by atoms with Gasteiger partial charge >= 0.3 is 0 Å². The first-order valence-electron chi connectivity index (χ1n) is 7.82. The van der Waals surface area contributed by atoms with Crippen LogP contribution in [0.25, 0.3) is 22.3 Å². The fourth-order valence-corrected chi connectivity index (χ4v) is 2.84. The number of hydrogen-bond donors (Lipinski definition) is 0. The standard InChI is InChI=1S/C21H18ClF/c1-2-3-15-4-6-17(7-5-15)20-13-10-18(14-21(20)23)16-8-11-19(22)12-9-16/h4-14H,2-3H2,1H3. The largest absolute Gasteiger partial charge is 0.206 e. The molecule has 0 amide bonds. The zero-order chi connectivity index (χ0) is 16.2. The van der Waals surface area contributed by atoms with Crippen LogP contribution in [0.4, 0.5) is 4.39 Å². The predicted octanol–water partition coefficient (Wildman–Crippen LogP) is 6.77. The summed E-state index contributed by atoms with van der Waals surface area (Å²) in [4.78, 5) is 0. The third-order valence-electron chi connectivity index (χ3n) is 3.95. The van der Waals surface area contributed by atoms with Crippen molar-refractivity contribution in [2.75, 3.05) is 0 Å². The van der Waals surface area contributed by atoms with Crippen molar-refractivity contribution in [3.8, 4) is 22.3 Å². The molecule has 0 atom stereocenters. The number of benzene rings is 3. The van der Waals surface area contributed by atoms with Crippen molar-refractivity contribution in [1.82, 2.24) is 0 Å². The lowest BCUT2D eigenvalue weighted by atomic mass is 9.98. The monoisotopic (exact) mass is 324 g/mol. The predicted molar refractivity (Wildman–Crippen MR) is 96.3 cm³/mol. The second-order valence-electron chi connectivity index (χ2n) is 5.65. The van der Waals surface area contributed by atoms with E-state index in [1.54, 1.807) is 6.07 Å². The molecule has 0 aromatic heterocycles. The third kappa shape index (κ3) is 3.62. The van der Waals surface area contributed by atoms with Crippen molar-refractivity contribution in [3.63, 3.8) is 0 Å². The van der Waals surface area contributed by atoms with Gasteiger partial charge in [0.15, 0.2) is 0 Å². The van der Waals surface area contributed by atoms with Crippen LogP contribution in [0.2, 0.25) is 5.02 Å². The zero-order valence-electron chi connectivity index (χ0n) is 13.0. The Morgan fingerprint density at radius 2 is 1.39 bits per heavy atom. The van der Waals surface area contributed by atoms with E-state index in [0.29, 0.717) is 10.6 Å². The fourth-order valence-electron chi connectivity index (χ4n) is 2.71. The highest BCUT2D eigenvalue weighted by Gasteiger charge is 2.07. The lowest BCUT2D eigenvalue weighted by Gasteiger charge is -2.08.